The van der Waals surface area contributed by atoms with Crippen LogP contribution in [0.5, 0.6) is 0 Å². The summed E-state index contributed by atoms with van der Waals surface area (Å²) in [6.45, 7) is 7.64. The van der Waals surface area contributed by atoms with Crippen molar-refractivity contribution >= 4 is 33.6 Å². The molecule has 1 N–H and O–H groups in total. The van der Waals surface area contributed by atoms with Gasteiger partial charge >= 0.3 is 6.09 Å². The van der Waals surface area contributed by atoms with Crippen LogP contribution in [0.3, 0.4) is 0 Å². The van der Waals surface area contributed by atoms with Gasteiger partial charge < -0.3 is 10.1 Å². The van der Waals surface area contributed by atoms with Crippen LogP contribution in [0, 0.1) is 5.82 Å². The molecule has 1 fully saturated rings. The van der Waals surface area contributed by atoms with Gasteiger partial charge in [-0.3, -0.25) is 4.90 Å². The summed E-state index contributed by atoms with van der Waals surface area (Å²) in [6, 6.07) is 3.05. The molecule has 2 rings (SSSR count). The van der Waals surface area contributed by atoms with Crippen LogP contribution in [0.2, 0.25) is 5.02 Å². The lowest BCUT2D eigenvalue weighted by molar-refractivity contribution is 0.0470. The molecule has 7 heteroatoms. The highest BCUT2D eigenvalue weighted by molar-refractivity contribution is 9.10. The number of hydrogen-bond acceptors (Lipinski definition) is 3. The molecule has 24 heavy (non-hydrogen) atoms. The minimum atomic E-state index is -0.513. The Morgan fingerprint density at radius 3 is 2.88 bits per heavy atom. The Morgan fingerprint density at radius 1 is 1.50 bits per heavy atom. The van der Waals surface area contributed by atoms with Crippen LogP contribution in [0.25, 0.3) is 0 Å². The number of hydrogen-bond donors (Lipinski definition) is 1. The fourth-order valence-electron chi connectivity index (χ4n) is 2.72. The van der Waals surface area contributed by atoms with Crippen LogP contribution in [0.4, 0.5) is 9.18 Å². The highest BCUT2D eigenvalue weighted by atomic mass is 79.9. The van der Waals surface area contributed by atoms with E-state index in [0.717, 1.165) is 24.9 Å². The van der Waals surface area contributed by atoms with Crippen LogP contribution >= 0.6 is 27.5 Å². The minimum Gasteiger partial charge on any atom is -0.444 e. The van der Waals surface area contributed by atoms with Gasteiger partial charge in [-0.1, -0.05) is 11.6 Å². The van der Waals surface area contributed by atoms with E-state index in [0.29, 0.717) is 22.6 Å². The standard InChI is InChI=1S/C17H23BrClFN2O2/c1-17(2,3)24-16(23)21-12-5-4-6-22(10-12)9-11-7-15(20)13(18)8-14(11)19/h7-8,12H,4-6,9-10H2,1-3H3,(H,21,23). The lowest BCUT2D eigenvalue weighted by Crippen LogP contribution is -2.48. The van der Waals surface area contributed by atoms with Crippen LogP contribution in [-0.4, -0.2) is 35.7 Å². The van der Waals surface area contributed by atoms with E-state index in [1.165, 1.54) is 6.07 Å². The molecule has 0 spiro atoms. The molecule has 1 aromatic rings. The number of alkyl carbamates (subject to hydrolysis) is 1. The van der Waals surface area contributed by atoms with Crippen LogP contribution < -0.4 is 5.32 Å². The van der Waals surface area contributed by atoms with E-state index in [1.54, 1.807) is 6.07 Å². The molecule has 0 aliphatic carbocycles. The summed E-state index contributed by atoms with van der Waals surface area (Å²) in [6.07, 6.45) is 1.46. The van der Waals surface area contributed by atoms with E-state index in [4.69, 9.17) is 16.3 Å². The number of rotatable bonds is 3. The van der Waals surface area contributed by atoms with Crippen molar-refractivity contribution in [1.29, 1.82) is 0 Å². The molecule has 1 atom stereocenters. The Morgan fingerprint density at radius 2 is 2.21 bits per heavy atom. The second-order valence-corrected chi connectivity index (χ2v) is 8.34. The topological polar surface area (TPSA) is 41.6 Å². The van der Waals surface area contributed by atoms with Crippen molar-refractivity contribution < 1.29 is 13.9 Å². The maximum Gasteiger partial charge on any atom is 0.407 e. The van der Waals surface area contributed by atoms with Crippen LogP contribution in [-0.2, 0) is 11.3 Å². The van der Waals surface area contributed by atoms with Crippen molar-refractivity contribution in [1.82, 2.24) is 10.2 Å². The van der Waals surface area contributed by atoms with Gasteiger partial charge in [0.05, 0.1) is 4.47 Å². The number of halogens is 3. The molecule has 1 saturated heterocycles. The second kappa shape index (κ2) is 8.02. The molecule has 1 aliphatic heterocycles. The molecule has 1 amide bonds. The third-order valence-electron chi connectivity index (χ3n) is 3.71. The van der Waals surface area contributed by atoms with Gasteiger partial charge in [0.2, 0.25) is 0 Å². The average Bonchev–Trinajstić information content (AvgIpc) is 2.43. The summed E-state index contributed by atoms with van der Waals surface area (Å²) in [5, 5.41) is 3.44. The van der Waals surface area contributed by atoms with E-state index in [-0.39, 0.29) is 11.9 Å². The molecular weight excluding hydrogens is 399 g/mol. The maximum absolute atomic E-state index is 13.7. The molecule has 0 saturated carbocycles. The van der Waals surface area contributed by atoms with E-state index in [2.05, 4.69) is 26.1 Å². The van der Waals surface area contributed by atoms with Gasteiger partial charge in [0.25, 0.3) is 0 Å². The zero-order chi connectivity index (χ0) is 17.9. The lowest BCUT2D eigenvalue weighted by atomic mass is 10.0. The SMILES string of the molecule is CC(C)(C)OC(=O)NC1CCCN(Cc2cc(F)c(Br)cc2Cl)C1. The van der Waals surface area contributed by atoms with Gasteiger partial charge in [0.15, 0.2) is 0 Å². The van der Waals surface area contributed by atoms with Gasteiger partial charge in [-0.2, -0.15) is 0 Å². The summed E-state index contributed by atoms with van der Waals surface area (Å²) in [4.78, 5) is 14.1. The van der Waals surface area contributed by atoms with Crippen molar-refractivity contribution in [2.75, 3.05) is 13.1 Å². The minimum absolute atomic E-state index is 0.0210. The number of carbonyl (C=O) groups excluding carboxylic acids is 1. The predicted octanol–water partition coefficient (Wildman–Crippen LogP) is 4.73. The molecule has 0 aromatic heterocycles. The quantitative estimate of drug-likeness (QED) is 0.717. The number of carbonyl (C=O) groups is 1. The third-order valence-corrected chi connectivity index (χ3v) is 4.67. The van der Waals surface area contributed by atoms with Crippen molar-refractivity contribution in [2.45, 2.75) is 51.8 Å². The zero-order valence-electron chi connectivity index (χ0n) is 14.2. The number of nitrogens with zero attached hydrogens (tertiary/aromatic N) is 1. The first-order chi connectivity index (χ1) is 11.1. The van der Waals surface area contributed by atoms with Crippen molar-refractivity contribution in [3.8, 4) is 0 Å². The maximum atomic E-state index is 13.7. The molecule has 4 nitrogen and oxygen atoms in total. The Kier molecular flexibility index (Phi) is 6.51. The monoisotopic (exact) mass is 420 g/mol. The first kappa shape index (κ1) is 19.5. The smallest absolute Gasteiger partial charge is 0.407 e. The number of benzene rings is 1. The van der Waals surface area contributed by atoms with E-state index in [1.807, 2.05) is 20.8 Å². The van der Waals surface area contributed by atoms with Crippen LogP contribution in [0.15, 0.2) is 16.6 Å². The van der Waals surface area contributed by atoms with E-state index < -0.39 is 11.7 Å². The third kappa shape index (κ3) is 5.90. The Hall–Kier alpha value is -0.850. The van der Waals surface area contributed by atoms with Crippen molar-refractivity contribution in [3.05, 3.63) is 33.0 Å². The summed E-state index contributed by atoms with van der Waals surface area (Å²) < 4.78 is 19.4. The number of piperidine rings is 1. The Balaban J connectivity index is 1.94. The van der Waals surface area contributed by atoms with Gasteiger partial charge in [-0.05, 0) is 73.8 Å². The molecule has 1 heterocycles. The zero-order valence-corrected chi connectivity index (χ0v) is 16.5. The number of nitrogens with one attached hydrogen (secondary N) is 1. The Labute approximate surface area is 155 Å². The molecule has 1 aromatic carbocycles. The highest BCUT2D eigenvalue weighted by Crippen LogP contribution is 2.26. The van der Waals surface area contributed by atoms with Gasteiger partial charge in [-0.25, -0.2) is 9.18 Å². The fourth-order valence-corrected chi connectivity index (χ4v) is 3.42. The van der Waals surface area contributed by atoms with E-state index >= 15 is 0 Å². The number of likely N-dealkylation sites (tertiary alicyclic amines) is 1. The summed E-state index contributed by atoms with van der Waals surface area (Å²) in [5.41, 5.74) is 0.233. The van der Waals surface area contributed by atoms with Gasteiger partial charge in [0.1, 0.15) is 11.4 Å². The first-order valence-electron chi connectivity index (χ1n) is 7.99. The van der Waals surface area contributed by atoms with Gasteiger partial charge in [-0.15, -0.1) is 0 Å². The number of amides is 1. The summed E-state index contributed by atoms with van der Waals surface area (Å²) in [5.74, 6) is -0.324. The fraction of sp³-hybridized carbons (Fsp3) is 0.588. The molecule has 0 bridgehead atoms. The van der Waals surface area contributed by atoms with Crippen LogP contribution in [0.1, 0.15) is 39.2 Å². The molecular formula is C17H23BrClFN2O2. The molecule has 1 unspecified atom stereocenters. The van der Waals surface area contributed by atoms with Crippen molar-refractivity contribution in [2.24, 2.45) is 0 Å². The second-order valence-electron chi connectivity index (χ2n) is 7.08. The average molecular weight is 422 g/mol. The Bertz CT molecular complexity index is 607. The normalized spacial score (nSPS) is 19.2. The van der Waals surface area contributed by atoms with Gasteiger partial charge in [0, 0.05) is 24.2 Å². The highest BCUT2D eigenvalue weighted by Gasteiger charge is 2.24. The number of ether oxygens (including phenoxy) is 1. The lowest BCUT2D eigenvalue weighted by Gasteiger charge is -2.33. The van der Waals surface area contributed by atoms with Crippen molar-refractivity contribution in [3.63, 3.8) is 0 Å². The summed E-state index contributed by atoms with van der Waals surface area (Å²) >= 11 is 9.33. The largest absolute Gasteiger partial charge is 0.444 e. The molecule has 134 valence electrons. The molecule has 0 radical (unpaired) electrons. The predicted molar refractivity (Wildman–Crippen MR) is 96.8 cm³/mol. The van der Waals surface area contributed by atoms with E-state index in [9.17, 15) is 9.18 Å². The molecule has 1 aliphatic rings. The summed E-state index contributed by atoms with van der Waals surface area (Å²) in [7, 11) is 0. The first-order valence-corrected chi connectivity index (χ1v) is 9.16.